The molecule has 1 aliphatic rings. The second kappa shape index (κ2) is 10.3. The number of nitrogens with zero attached hydrogens (tertiary/aromatic N) is 3. The average molecular weight is 370 g/mol. The van der Waals surface area contributed by atoms with Crippen LogP contribution < -0.4 is 4.74 Å². The van der Waals surface area contributed by atoms with Crippen molar-refractivity contribution in [1.82, 2.24) is 9.88 Å². The van der Waals surface area contributed by atoms with E-state index in [0.29, 0.717) is 12.5 Å². The summed E-state index contributed by atoms with van der Waals surface area (Å²) < 4.78 is 6.17. The van der Waals surface area contributed by atoms with Crippen molar-refractivity contribution in [1.29, 1.82) is 0 Å². The van der Waals surface area contributed by atoms with E-state index < -0.39 is 0 Å². The minimum atomic E-state index is 0.280. The summed E-state index contributed by atoms with van der Waals surface area (Å²) in [6.45, 7) is 7.85. The van der Waals surface area contributed by atoms with Gasteiger partial charge in [0.15, 0.2) is 0 Å². The van der Waals surface area contributed by atoms with E-state index >= 15 is 0 Å². The van der Waals surface area contributed by atoms with Crippen LogP contribution in [0.2, 0.25) is 0 Å². The van der Waals surface area contributed by atoms with E-state index in [0.717, 1.165) is 48.9 Å². The summed E-state index contributed by atoms with van der Waals surface area (Å²) in [5.74, 6) is 0.685. The zero-order valence-electron chi connectivity index (χ0n) is 16.6. The Labute approximate surface area is 162 Å². The largest absolute Gasteiger partial charge is 0.474 e. The van der Waals surface area contributed by atoms with Crippen LogP contribution in [-0.4, -0.2) is 48.4 Å². The van der Waals surface area contributed by atoms with E-state index in [4.69, 9.17) is 9.57 Å². The molecule has 1 aromatic heterocycles. The number of hydrogen-bond acceptors (Lipinski definition) is 5. The molecule has 0 radical (unpaired) electrons. The normalized spacial score (nSPS) is 15.7. The fourth-order valence-corrected chi connectivity index (χ4v) is 3.55. The zero-order chi connectivity index (χ0) is 18.9. The molecule has 0 spiro atoms. The first-order valence-electron chi connectivity index (χ1n) is 10.2. The molecule has 1 aromatic carbocycles. The van der Waals surface area contributed by atoms with Gasteiger partial charge in [0.05, 0.1) is 11.7 Å². The summed E-state index contributed by atoms with van der Waals surface area (Å²) in [7, 11) is 0. The van der Waals surface area contributed by atoms with Gasteiger partial charge in [-0.2, -0.15) is 0 Å². The second-order valence-electron chi connectivity index (χ2n) is 7.04. The number of hydrogen-bond donors (Lipinski definition) is 0. The van der Waals surface area contributed by atoms with Crippen molar-refractivity contribution in [2.75, 3.05) is 26.2 Å². The zero-order valence-corrected chi connectivity index (χ0v) is 16.6. The summed E-state index contributed by atoms with van der Waals surface area (Å²) in [6, 6.07) is 10.1. The van der Waals surface area contributed by atoms with Gasteiger partial charge in [-0.25, -0.2) is 4.98 Å². The van der Waals surface area contributed by atoms with Crippen LogP contribution in [0.5, 0.6) is 5.88 Å². The molecule has 1 saturated carbocycles. The summed E-state index contributed by atoms with van der Waals surface area (Å²) >= 11 is 0. The van der Waals surface area contributed by atoms with Crippen LogP contribution in [0, 0.1) is 0 Å². The molecule has 2 aromatic rings. The third-order valence-electron chi connectivity index (χ3n) is 5.22. The molecular formula is C22H31N3O2. The quantitative estimate of drug-likeness (QED) is 0.367. The summed E-state index contributed by atoms with van der Waals surface area (Å²) in [5, 5.41) is 5.25. The lowest BCUT2D eigenvalue weighted by atomic mass is 9.98. The van der Waals surface area contributed by atoms with Crippen LogP contribution in [-0.2, 0) is 4.84 Å². The molecule has 3 rings (SSSR count). The number of fused-ring (bicyclic) bond motifs is 1. The van der Waals surface area contributed by atoms with Crippen LogP contribution in [0.1, 0.15) is 51.5 Å². The van der Waals surface area contributed by atoms with Crippen molar-refractivity contribution >= 4 is 17.1 Å². The van der Waals surface area contributed by atoms with Crippen molar-refractivity contribution in [3.8, 4) is 5.88 Å². The van der Waals surface area contributed by atoms with Crippen LogP contribution in [0.25, 0.3) is 10.9 Å². The maximum Gasteiger partial charge on any atom is 0.214 e. The minimum absolute atomic E-state index is 0.280. The molecule has 0 saturated heterocycles. The van der Waals surface area contributed by atoms with Gasteiger partial charge in [-0.3, -0.25) is 0 Å². The maximum atomic E-state index is 6.17. The fourth-order valence-electron chi connectivity index (χ4n) is 3.55. The lowest BCUT2D eigenvalue weighted by Crippen LogP contribution is -2.26. The molecule has 0 unspecified atom stereocenters. The highest BCUT2D eigenvalue weighted by atomic mass is 16.6. The van der Waals surface area contributed by atoms with Gasteiger partial charge < -0.3 is 14.5 Å². The molecule has 146 valence electrons. The molecule has 0 atom stereocenters. The fraction of sp³-hybridized carbons (Fsp3) is 0.545. The van der Waals surface area contributed by atoms with Crippen molar-refractivity contribution < 1.29 is 9.57 Å². The first-order valence-corrected chi connectivity index (χ1v) is 10.2. The maximum absolute atomic E-state index is 6.17. The van der Waals surface area contributed by atoms with E-state index in [1.165, 1.54) is 19.3 Å². The number of likely N-dealkylation sites (N-methyl/N-ethyl adjacent to an activating group) is 1. The first kappa shape index (κ1) is 19.6. The second-order valence-corrected chi connectivity index (χ2v) is 7.04. The van der Waals surface area contributed by atoms with Gasteiger partial charge in [-0.15, -0.1) is 0 Å². The Kier molecular flexibility index (Phi) is 7.45. The van der Waals surface area contributed by atoms with Crippen LogP contribution in [0.3, 0.4) is 0 Å². The number of benzene rings is 1. The van der Waals surface area contributed by atoms with Crippen LogP contribution in [0.4, 0.5) is 0 Å². The third-order valence-corrected chi connectivity index (χ3v) is 5.22. The smallest absolute Gasteiger partial charge is 0.214 e. The monoisotopic (exact) mass is 369 g/mol. The number of para-hydroxylation sites is 1. The first-order chi connectivity index (χ1) is 13.3. The Morgan fingerprint density at radius 1 is 1.15 bits per heavy atom. The van der Waals surface area contributed by atoms with Gasteiger partial charge in [0, 0.05) is 23.6 Å². The molecule has 1 fully saturated rings. The van der Waals surface area contributed by atoms with Crippen LogP contribution >= 0.6 is 0 Å². The Morgan fingerprint density at radius 3 is 2.70 bits per heavy atom. The predicted octanol–water partition coefficient (Wildman–Crippen LogP) is 4.64. The standard InChI is InChI=1S/C22H31N3O2/c1-3-25(4-2)14-15-26-23-17-18-16-22(27-19-10-6-5-7-11-19)24-21-13-9-8-12-20(18)21/h8-9,12-13,16-17,19H,3-7,10-11,14-15H2,1-2H3/b23-17-. The van der Waals surface area contributed by atoms with Crippen molar-refractivity contribution in [2.24, 2.45) is 5.16 Å². The number of rotatable bonds is 9. The average Bonchev–Trinajstić information content (AvgIpc) is 2.71. The van der Waals surface area contributed by atoms with Crippen molar-refractivity contribution in [3.63, 3.8) is 0 Å². The molecule has 0 aliphatic heterocycles. The lowest BCUT2D eigenvalue weighted by molar-refractivity contribution is 0.115. The molecule has 5 heteroatoms. The number of aromatic nitrogens is 1. The molecule has 1 aliphatic carbocycles. The summed E-state index contributed by atoms with van der Waals surface area (Å²) in [6.07, 6.45) is 8.09. The Morgan fingerprint density at radius 2 is 1.93 bits per heavy atom. The molecule has 1 heterocycles. The number of pyridine rings is 1. The van der Waals surface area contributed by atoms with Gasteiger partial charge in [0.25, 0.3) is 0 Å². The summed E-state index contributed by atoms with van der Waals surface area (Å²) in [5.41, 5.74) is 1.91. The highest BCUT2D eigenvalue weighted by molar-refractivity contribution is 5.98. The van der Waals surface area contributed by atoms with Crippen LogP contribution in [0.15, 0.2) is 35.5 Å². The number of ether oxygens (including phenoxy) is 1. The third kappa shape index (κ3) is 5.67. The SMILES string of the molecule is CCN(CC)CCO/N=C\c1cc(OC2CCCCC2)nc2ccccc12. The molecular weight excluding hydrogens is 338 g/mol. The van der Waals surface area contributed by atoms with Gasteiger partial charge in [0.1, 0.15) is 12.7 Å². The van der Waals surface area contributed by atoms with E-state index in [-0.39, 0.29) is 6.10 Å². The Bertz CT molecular complexity index is 737. The van der Waals surface area contributed by atoms with Gasteiger partial charge in [-0.1, -0.05) is 43.6 Å². The molecule has 27 heavy (non-hydrogen) atoms. The summed E-state index contributed by atoms with van der Waals surface area (Å²) in [4.78, 5) is 12.5. The Hall–Kier alpha value is -2.14. The lowest BCUT2D eigenvalue weighted by Gasteiger charge is -2.22. The van der Waals surface area contributed by atoms with E-state index in [1.54, 1.807) is 6.21 Å². The molecule has 0 N–H and O–H groups in total. The van der Waals surface area contributed by atoms with E-state index in [1.807, 2.05) is 24.3 Å². The minimum Gasteiger partial charge on any atom is -0.474 e. The Balaban J connectivity index is 1.69. The topological polar surface area (TPSA) is 47.0 Å². The van der Waals surface area contributed by atoms with Crippen molar-refractivity contribution in [2.45, 2.75) is 52.1 Å². The number of oxime groups is 1. The molecule has 0 bridgehead atoms. The van der Waals surface area contributed by atoms with E-state index in [2.05, 4.69) is 35.0 Å². The highest BCUT2D eigenvalue weighted by Gasteiger charge is 2.16. The van der Waals surface area contributed by atoms with Crippen molar-refractivity contribution in [3.05, 3.63) is 35.9 Å². The van der Waals surface area contributed by atoms with E-state index in [9.17, 15) is 0 Å². The highest BCUT2D eigenvalue weighted by Crippen LogP contribution is 2.25. The molecule has 5 nitrogen and oxygen atoms in total. The predicted molar refractivity (Wildman–Crippen MR) is 111 cm³/mol. The van der Waals surface area contributed by atoms with Gasteiger partial charge in [0.2, 0.25) is 5.88 Å². The molecule has 0 amide bonds. The van der Waals surface area contributed by atoms with Gasteiger partial charge in [-0.05, 0) is 44.8 Å². The van der Waals surface area contributed by atoms with Gasteiger partial charge >= 0.3 is 0 Å².